The monoisotopic (exact) mass is 430 g/mol. The van der Waals surface area contributed by atoms with Crippen LogP contribution in [-0.4, -0.2) is 25.0 Å². The zero-order valence-electron chi connectivity index (χ0n) is 12.3. The van der Waals surface area contributed by atoms with E-state index < -0.39 is 5.91 Å². The van der Waals surface area contributed by atoms with Gasteiger partial charge in [-0.25, -0.2) is 0 Å². The maximum Gasteiger partial charge on any atom is 0.258 e. The molecular weight excluding hydrogens is 419 g/mol. The maximum atomic E-state index is 11.8. The van der Waals surface area contributed by atoms with Crippen LogP contribution in [0.5, 0.6) is 5.75 Å². The Hall–Kier alpha value is -1.76. The summed E-state index contributed by atoms with van der Waals surface area (Å²) in [7, 11) is 0. The molecule has 0 unspecified atom stereocenters. The van der Waals surface area contributed by atoms with E-state index in [-0.39, 0.29) is 19.1 Å². The number of amides is 2. The Bertz CT molecular complexity index is 739. The summed E-state index contributed by atoms with van der Waals surface area (Å²) in [5.41, 5.74) is 0.638. The normalized spacial score (nSPS) is 10.1. The number of halogens is 3. The third-order valence-corrected chi connectivity index (χ3v) is 3.90. The molecule has 5 nitrogen and oxygen atoms in total. The third-order valence-electron chi connectivity index (χ3n) is 2.83. The van der Waals surface area contributed by atoms with Gasteiger partial charge in [-0.1, -0.05) is 39.1 Å². The number of hydrogen-bond acceptors (Lipinski definition) is 3. The first-order valence-electron chi connectivity index (χ1n) is 6.84. The topological polar surface area (TPSA) is 67.4 Å². The Morgan fingerprint density at radius 3 is 2.46 bits per heavy atom. The summed E-state index contributed by atoms with van der Waals surface area (Å²) in [4.78, 5) is 23.5. The van der Waals surface area contributed by atoms with Gasteiger partial charge >= 0.3 is 0 Å². The fraction of sp³-hybridized carbons (Fsp3) is 0.125. The van der Waals surface area contributed by atoms with Crippen LogP contribution in [0.3, 0.4) is 0 Å². The Morgan fingerprint density at radius 2 is 1.75 bits per heavy atom. The first-order chi connectivity index (χ1) is 11.4. The number of rotatable bonds is 6. The van der Waals surface area contributed by atoms with Gasteiger partial charge in [0.25, 0.3) is 5.91 Å². The van der Waals surface area contributed by atoms with Gasteiger partial charge in [0.15, 0.2) is 6.61 Å². The van der Waals surface area contributed by atoms with Crippen molar-refractivity contribution in [2.75, 3.05) is 18.5 Å². The molecule has 0 heterocycles. The minimum atomic E-state index is -0.447. The third kappa shape index (κ3) is 6.03. The Kier molecular flexibility index (Phi) is 6.90. The van der Waals surface area contributed by atoms with E-state index in [0.29, 0.717) is 21.5 Å². The second kappa shape index (κ2) is 8.92. The highest BCUT2D eigenvalue weighted by atomic mass is 79.9. The molecular formula is C16H13BrCl2N2O3. The Balaban J connectivity index is 1.75. The van der Waals surface area contributed by atoms with Gasteiger partial charge < -0.3 is 15.4 Å². The predicted octanol–water partition coefficient (Wildman–Crippen LogP) is 3.89. The van der Waals surface area contributed by atoms with Gasteiger partial charge in [0.2, 0.25) is 5.91 Å². The molecule has 0 fully saturated rings. The summed E-state index contributed by atoms with van der Waals surface area (Å²) < 4.78 is 6.19. The van der Waals surface area contributed by atoms with Crippen molar-refractivity contribution < 1.29 is 14.3 Å². The Morgan fingerprint density at radius 1 is 1.04 bits per heavy atom. The van der Waals surface area contributed by atoms with Crippen molar-refractivity contribution in [2.24, 2.45) is 0 Å². The highest BCUT2D eigenvalue weighted by Gasteiger charge is 2.09. The van der Waals surface area contributed by atoms with Crippen molar-refractivity contribution in [3.05, 3.63) is 57.0 Å². The summed E-state index contributed by atoms with van der Waals surface area (Å²) in [5, 5.41) is 5.91. The predicted molar refractivity (Wildman–Crippen MR) is 97.7 cm³/mol. The van der Waals surface area contributed by atoms with Crippen molar-refractivity contribution in [3.63, 3.8) is 0 Å². The number of carbonyl (C=O) groups excluding carboxylic acids is 2. The lowest BCUT2D eigenvalue weighted by atomic mass is 10.3. The van der Waals surface area contributed by atoms with E-state index in [1.807, 2.05) is 0 Å². The van der Waals surface area contributed by atoms with E-state index in [9.17, 15) is 9.59 Å². The molecule has 0 aliphatic rings. The molecule has 2 amide bonds. The highest BCUT2D eigenvalue weighted by Crippen LogP contribution is 2.27. The number of benzene rings is 2. The molecule has 0 aromatic heterocycles. The van der Waals surface area contributed by atoms with Crippen LogP contribution in [0, 0.1) is 0 Å². The van der Waals surface area contributed by atoms with Crippen molar-refractivity contribution in [2.45, 2.75) is 0 Å². The summed E-state index contributed by atoms with van der Waals surface area (Å²) >= 11 is 15.1. The lowest BCUT2D eigenvalue weighted by molar-refractivity contribution is -0.125. The minimum absolute atomic E-state index is 0.165. The van der Waals surface area contributed by atoms with Crippen LogP contribution in [-0.2, 0) is 9.59 Å². The van der Waals surface area contributed by atoms with Crippen molar-refractivity contribution in [3.8, 4) is 5.75 Å². The van der Waals surface area contributed by atoms with Gasteiger partial charge in [-0.05, 0) is 36.4 Å². The second-order valence-corrected chi connectivity index (χ2v) is 6.45. The van der Waals surface area contributed by atoms with E-state index in [4.69, 9.17) is 27.9 Å². The van der Waals surface area contributed by atoms with Gasteiger partial charge in [-0.2, -0.15) is 0 Å². The number of nitrogens with one attached hydrogen (secondary N) is 2. The molecule has 2 N–H and O–H groups in total. The smallest absolute Gasteiger partial charge is 0.258 e. The maximum absolute atomic E-state index is 11.8. The Labute approximate surface area is 157 Å². The van der Waals surface area contributed by atoms with Crippen LogP contribution >= 0.6 is 39.1 Å². The van der Waals surface area contributed by atoms with Gasteiger partial charge in [-0.3, -0.25) is 9.59 Å². The molecule has 0 radical (unpaired) electrons. The fourth-order valence-corrected chi connectivity index (χ4v) is 2.30. The molecule has 0 atom stereocenters. The summed E-state index contributed by atoms with van der Waals surface area (Å²) in [6, 6.07) is 11.8. The summed E-state index contributed by atoms with van der Waals surface area (Å²) in [6.07, 6.45) is 0. The van der Waals surface area contributed by atoms with E-state index in [1.165, 1.54) is 6.07 Å². The molecule has 2 aromatic carbocycles. The van der Waals surface area contributed by atoms with Crippen LogP contribution in [0.15, 0.2) is 46.9 Å². The SMILES string of the molecule is O=C(COc1cc(Cl)ccc1Cl)NCC(=O)Nc1ccc(Br)cc1. The lowest BCUT2D eigenvalue weighted by Gasteiger charge is -2.09. The largest absolute Gasteiger partial charge is 0.482 e. The fourth-order valence-electron chi connectivity index (χ4n) is 1.70. The molecule has 24 heavy (non-hydrogen) atoms. The molecule has 0 saturated heterocycles. The van der Waals surface area contributed by atoms with Crippen molar-refractivity contribution in [1.82, 2.24) is 5.32 Å². The molecule has 2 aromatic rings. The molecule has 0 saturated carbocycles. The van der Waals surface area contributed by atoms with E-state index in [2.05, 4.69) is 26.6 Å². The standard InChI is InChI=1S/C16H13BrCl2N2O3/c17-10-1-4-12(5-2-10)21-15(22)8-20-16(23)9-24-14-7-11(18)3-6-13(14)19/h1-7H,8-9H2,(H,20,23)(H,21,22). The number of carbonyl (C=O) groups is 2. The number of ether oxygens (including phenoxy) is 1. The number of anilines is 1. The first kappa shape index (κ1) is 18.6. The van der Waals surface area contributed by atoms with Crippen LogP contribution in [0.25, 0.3) is 0 Å². The summed E-state index contributed by atoms with van der Waals surface area (Å²) in [6.45, 7) is -0.437. The van der Waals surface area contributed by atoms with Crippen LogP contribution in [0.1, 0.15) is 0 Å². The zero-order chi connectivity index (χ0) is 17.5. The molecule has 0 spiro atoms. The molecule has 126 valence electrons. The van der Waals surface area contributed by atoms with Gasteiger partial charge in [0, 0.05) is 21.2 Å². The molecule has 2 rings (SSSR count). The van der Waals surface area contributed by atoms with Gasteiger partial charge in [-0.15, -0.1) is 0 Å². The van der Waals surface area contributed by atoms with Crippen molar-refractivity contribution >= 4 is 56.6 Å². The van der Waals surface area contributed by atoms with Crippen LogP contribution < -0.4 is 15.4 Å². The van der Waals surface area contributed by atoms with Gasteiger partial charge in [0.05, 0.1) is 11.6 Å². The zero-order valence-corrected chi connectivity index (χ0v) is 15.4. The first-order valence-corrected chi connectivity index (χ1v) is 8.39. The molecule has 8 heteroatoms. The van der Waals surface area contributed by atoms with E-state index in [1.54, 1.807) is 36.4 Å². The average molecular weight is 432 g/mol. The molecule has 0 bridgehead atoms. The van der Waals surface area contributed by atoms with Gasteiger partial charge in [0.1, 0.15) is 5.75 Å². The molecule has 0 aliphatic heterocycles. The highest BCUT2D eigenvalue weighted by molar-refractivity contribution is 9.10. The second-order valence-electron chi connectivity index (χ2n) is 4.70. The molecule has 0 aliphatic carbocycles. The van der Waals surface area contributed by atoms with Crippen molar-refractivity contribution in [1.29, 1.82) is 0 Å². The summed E-state index contributed by atoms with van der Waals surface area (Å²) in [5.74, 6) is -0.484. The minimum Gasteiger partial charge on any atom is -0.482 e. The number of hydrogen-bond donors (Lipinski definition) is 2. The lowest BCUT2D eigenvalue weighted by Crippen LogP contribution is -2.35. The van der Waals surface area contributed by atoms with Crippen LogP contribution in [0.4, 0.5) is 5.69 Å². The van der Waals surface area contributed by atoms with Crippen LogP contribution in [0.2, 0.25) is 10.0 Å². The average Bonchev–Trinajstić information content (AvgIpc) is 2.56. The van der Waals surface area contributed by atoms with E-state index >= 15 is 0 Å². The quantitative estimate of drug-likeness (QED) is 0.728. The van der Waals surface area contributed by atoms with E-state index in [0.717, 1.165) is 4.47 Å².